The van der Waals surface area contributed by atoms with E-state index in [-0.39, 0.29) is 29.3 Å². The Kier molecular flexibility index (Phi) is 4.89. The average molecular weight is 384 g/mol. The predicted octanol–water partition coefficient (Wildman–Crippen LogP) is 3.77. The van der Waals surface area contributed by atoms with Crippen LogP contribution in [0.1, 0.15) is 45.2 Å². The number of anilines is 1. The molecule has 6 heteroatoms. The van der Waals surface area contributed by atoms with E-state index in [1.54, 1.807) is 6.20 Å². The highest BCUT2D eigenvalue weighted by molar-refractivity contribution is 5.77. The minimum Gasteiger partial charge on any atom is -0.361 e. The summed E-state index contributed by atoms with van der Waals surface area (Å²) in [6.07, 6.45) is 5.25. The van der Waals surface area contributed by atoms with Gasteiger partial charge in [-0.25, -0.2) is 4.39 Å². The molecule has 0 spiro atoms. The normalized spacial score (nSPS) is 23.7. The Bertz CT molecular complexity index is 844. The molecular weight excluding hydrogens is 355 g/mol. The smallest absolute Gasteiger partial charge is 0.224 e. The molecule has 2 fully saturated rings. The molecule has 2 aliphatic rings. The molecule has 150 valence electrons. The van der Waals surface area contributed by atoms with Crippen molar-refractivity contribution < 1.29 is 9.18 Å². The molecule has 0 radical (unpaired) electrons. The number of hydrogen-bond donors (Lipinski definition) is 0. The SMILES string of the molecule is Cc1ccnn1CCC(=O)N1CCC[C@H]2[C@@H]1CC(C)(C)N2c1ccc(F)cc1. The third-order valence-electron chi connectivity index (χ3n) is 6.33. The summed E-state index contributed by atoms with van der Waals surface area (Å²) < 4.78 is 15.3. The molecule has 0 unspecified atom stereocenters. The molecule has 2 saturated heterocycles. The van der Waals surface area contributed by atoms with Crippen molar-refractivity contribution in [3.63, 3.8) is 0 Å². The van der Waals surface area contributed by atoms with Crippen molar-refractivity contribution in [3.8, 4) is 0 Å². The van der Waals surface area contributed by atoms with Crippen molar-refractivity contribution >= 4 is 11.6 Å². The summed E-state index contributed by atoms with van der Waals surface area (Å²) in [5.41, 5.74) is 2.04. The van der Waals surface area contributed by atoms with Crippen LogP contribution < -0.4 is 4.90 Å². The number of nitrogens with zero attached hydrogens (tertiary/aromatic N) is 4. The number of halogens is 1. The lowest BCUT2D eigenvalue weighted by atomic mass is 9.94. The maximum Gasteiger partial charge on any atom is 0.224 e. The first-order chi connectivity index (χ1) is 13.4. The Hall–Kier alpha value is -2.37. The van der Waals surface area contributed by atoms with Crippen molar-refractivity contribution in [1.82, 2.24) is 14.7 Å². The number of benzene rings is 1. The Balaban J connectivity index is 1.52. The van der Waals surface area contributed by atoms with Crippen LogP contribution in [0, 0.1) is 12.7 Å². The lowest BCUT2D eigenvalue weighted by Gasteiger charge is -2.42. The average Bonchev–Trinajstić information content (AvgIpc) is 3.19. The molecule has 1 amide bonds. The molecule has 4 rings (SSSR count). The number of likely N-dealkylation sites (tertiary alicyclic amines) is 1. The monoisotopic (exact) mass is 384 g/mol. The van der Waals surface area contributed by atoms with E-state index in [4.69, 9.17) is 0 Å². The van der Waals surface area contributed by atoms with Crippen LogP contribution in [0.25, 0.3) is 0 Å². The van der Waals surface area contributed by atoms with E-state index < -0.39 is 0 Å². The fraction of sp³-hybridized carbons (Fsp3) is 0.545. The zero-order valence-corrected chi connectivity index (χ0v) is 16.9. The number of amides is 1. The molecule has 0 aliphatic carbocycles. The molecule has 3 heterocycles. The number of carbonyl (C=O) groups is 1. The van der Waals surface area contributed by atoms with Gasteiger partial charge in [-0.05, 0) is 70.4 Å². The van der Waals surface area contributed by atoms with E-state index in [0.29, 0.717) is 13.0 Å². The number of piperidine rings is 1. The summed E-state index contributed by atoms with van der Waals surface area (Å²) in [6, 6.07) is 9.22. The van der Waals surface area contributed by atoms with Gasteiger partial charge in [-0.2, -0.15) is 5.10 Å². The van der Waals surface area contributed by atoms with Crippen molar-refractivity contribution in [2.75, 3.05) is 11.4 Å². The molecule has 1 aromatic carbocycles. The van der Waals surface area contributed by atoms with Crippen LogP contribution in [0.15, 0.2) is 36.5 Å². The summed E-state index contributed by atoms with van der Waals surface area (Å²) in [5, 5.41) is 4.29. The van der Waals surface area contributed by atoms with Crippen LogP contribution in [0.4, 0.5) is 10.1 Å². The van der Waals surface area contributed by atoms with Crippen LogP contribution in [0.5, 0.6) is 0 Å². The van der Waals surface area contributed by atoms with Gasteiger partial charge in [0, 0.05) is 42.6 Å². The van der Waals surface area contributed by atoms with Crippen molar-refractivity contribution in [3.05, 3.63) is 48.0 Å². The third-order valence-corrected chi connectivity index (χ3v) is 6.33. The minimum absolute atomic E-state index is 0.0748. The highest BCUT2D eigenvalue weighted by atomic mass is 19.1. The summed E-state index contributed by atoms with van der Waals surface area (Å²) in [5.74, 6) is -0.00646. The van der Waals surface area contributed by atoms with Gasteiger partial charge >= 0.3 is 0 Å². The Morgan fingerprint density at radius 1 is 1.21 bits per heavy atom. The second-order valence-corrected chi connectivity index (χ2v) is 8.67. The fourth-order valence-electron chi connectivity index (χ4n) is 5.07. The van der Waals surface area contributed by atoms with Crippen molar-refractivity contribution in [2.24, 2.45) is 0 Å². The van der Waals surface area contributed by atoms with Gasteiger partial charge in [-0.1, -0.05) is 0 Å². The molecule has 0 bridgehead atoms. The fourth-order valence-corrected chi connectivity index (χ4v) is 5.07. The van der Waals surface area contributed by atoms with Crippen LogP contribution in [-0.2, 0) is 11.3 Å². The molecule has 2 aromatic rings. The topological polar surface area (TPSA) is 41.4 Å². The third kappa shape index (κ3) is 3.40. The first-order valence-electron chi connectivity index (χ1n) is 10.2. The van der Waals surface area contributed by atoms with Crippen LogP contribution in [0.3, 0.4) is 0 Å². The number of carbonyl (C=O) groups excluding carboxylic acids is 1. The van der Waals surface area contributed by atoms with Gasteiger partial charge < -0.3 is 9.80 Å². The second kappa shape index (κ2) is 7.22. The van der Waals surface area contributed by atoms with Crippen LogP contribution in [-0.4, -0.2) is 44.8 Å². The van der Waals surface area contributed by atoms with Gasteiger partial charge in [0.2, 0.25) is 5.91 Å². The van der Waals surface area contributed by atoms with Gasteiger partial charge in [0.1, 0.15) is 5.82 Å². The lowest BCUT2D eigenvalue weighted by molar-refractivity contribution is -0.135. The van der Waals surface area contributed by atoms with Gasteiger partial charge in [-0.15, -0.1) is 0 Å². The Labute approximate surface area is 166 Å². The number of aromatic nitrogens is 2. The number of hydrogen-bond acceptors (Lipinski definition) is 3. The van der Waals surface area contributed by atoms with E-state index in [9.17, 15) is 9.18 Å². The molecule has 0 saturated carbocycles. The summed E-state index contributed by atoms with van der Waals surface area (Å²) in [4.78, 5) is 17.6. The highest BCUT2D eigenvalue weighted by Gasteiger charge is 2.50. The maximum atomic E-state index is 13.4. The quantitative estimate of drug-likeness (QED) is 0.806. The molecule has 2 aliphatic heterocycles. The first-order valence-corrected chi connectivity index (χ1v) is 10.2. The molecule has 28 heavy (non-hydrogen) atoms. The Morgan fingerprint density at radius 2 is 1.96 bits per heavy atom. The van der Waals surface area contributed by atoms with Gasteiger partial charge in [0.25, 0.3) is 0 Å². The molecular formula is C22H29FN4O. The van der Waals surface area contributed by atoms with Gasteiger partial charge in [0.05, 0.1) is 12.1 Å². The lowest BCUT2D eigenvalue weighted by Crippen LogP contribution is -2.53. The van der Waals surface area contributed by atoms with E-state index in [0.717, 1.165) is 37.2 Å². The zero-order chi connectivity index (χ0) is 19.9. The van der Waals surface area contributed by atoms with E-state index >= 15 is 0 Å². The van der Waals surface area contributed by atoms with Crippen LogP contribution in [0.2, 0.25) is 0 Å². The van der Waals surface area contributed by atoms with Gasteiger partial charge in [-0.3, -0.25) is 9.48 Å². The van der Waals surface area contributed by atoms with Crippen LogP contribution >= 0.6 is 0 Å². The summed E-state index contributed by atoms with van der Waals surface area (Å²) in [6.45, 7) is 7.91. The first kappa shape index (κ1) is 19.0. The van der Waals surface area contributed by atoms with E-state index in [1.165, 1.54) is 12.1 Å². The molecule has 1 aromatic heterocycles. The minimum atomic E-state index is -0.216. The summed E-state index contributed by atoms with van der Waals surface area (Å²) in [7, 11) is 0. The van der Waals surface area contributed by atoms with E-state index in [2.05, 4.69) is 28.7 Å². The number of fused-ring (bicyclic) bond motifs is 1. The zero-order valence-electron chi connectivity index (χ0n) is 16.9. The van der Waals surface area contributed by atoms with Gasteiger partial charge in [0.15, 0.2) is 0 Å². The van der Waals surface area contributed by atoms with Crippen molar-refractivity contribution in [1.29, 1.82) is 0 Å². The number of rotatable bonds is 4. The number of aryl methyl sites for hydroxylation is 2. The largest absolute Gasteiger partial charge is 0.361 e. The molecule has 2 atom stereocenters. The molecule has 0 N–H and O–H groups in total. The van der Waals surface area contributed by atoms with Crippen molar-refractivity contribution in [2.45, 2.75) is 70.6 Å². The summed E-state index contributed by atoms with van der Waals surface area (Å²) >= 11 is 0. The predicted molar refractivity (Wildman–Crippen MR) is 108 cm³/mol. The maximum absolute atomic E-state index is 13.4. The second-order valence-electron chi connectivity index (χ2n) is 8.67. The standard InChI is InChI=1S/C22H29FN4O/c1-16-10-12-24-26(16)14-11-21(28)25-13-4-5-19-20(25)15-22(2,3)27(19)18-8-6-17(23)7-9-18/h6-10,12,19-20H,4-5,11,13-15H2,1-3H3/t19-,20-/m0/s1. The van der Waals surface area contributed by atoms with E-state index in [1.807, 2.05) is 29.8 Å². The Morgan fingerprint density at radius 3 is 2.64 bits per heavy atom. The molecule has 5 nitrogen and oxygen atoms in total. The highest BCUT2D eigenvalue weighted by Crippen LogP contribution is 2.43.